The summed E-state index contributed by atoms with van der Waals surface area (Å²) in [4.78, 5) is 16.4. The maximum Gasteiger partial charge on any atom is 0.387 e. The Bertz CT molecular complexity index is 927. The van der Waals surface area contributed by atoms with Gasteiger partial charge in [-0.2, -0.15) is 13.9 Å². The first-order chi connectivity index (χ1) is 13.1. The van der Waals surface area contributed by atoms with Crippen molar-refractivity contribution in [3.63, 3.8) is 0 Å². The molecule has 0 atom stereocenters. The summed E-state index contributed by atoms with van der Waals surface area (Å²) in [5.41, 5.74) is 1.16. The summed E-state index contributed by atoms with van der Waals surface area (Å²) in [6, 6.07) is 11.6. The van der Waals surface area contributed by atoms with Gasteiger partial charge in [0.2, 0.25) is 5.91 Å². The number of alkyl halides is 2. The number of aromatic nitrogens is 3. The summed E-state index contributed by atoms with van der Waals surface area (Å²) in [5, 5.41) is 6.87. The number of amides is 1. The van der Waals surface area contributed by atoms with Crippen LogP contribution >= 0.6 is 0 Å². The second-order valence-corrected chi connectivity index (χ2v) is 5.40. The number of ether oxygens (including phenoxy) is 1. The van der Waals surface area contributed by atoms with Crippen LogP contribution in [0.1, 0.15) is 11.1 Å². The fourth-order valence-electron chi connectivity index (χ4n) is 2.40. The van der Waals surface area contributed by atoms with Crippen molar-refractivity contribution in [3.8, 4) is 11.6 Å². The number of halogens is 2. The molecule has 2 heterocycles. The molecule has 1 amide bonds. The summed E-state index contributed by atoms with van der Waals surface area (Å²) in [7, 11) is 0. The van der Waals surface area contributed by atoms with Gasteiger partial charge in [-0.1, -0.05) is 24.3 Å². The first-order valence-corrected chi connectivity index (χ1v) is 8.07. The fourth-order valence-corrected chi connectivity index (χ4v) is 2.40. The Kier molecular flexibility index (Phi) is 5.88. The maximum absolute atomic E-state index is 12.4. The lowest BCUT2D eigenvalue weighted by Crippen LogP contribution is -2.21. The van der Waals surface area contributed by atoms with Gasteiger partial charge < -0.3 is 10.1 Å². The zero-order valence-corrected chi connectivity index (χ0v) is 14.1. The van der Waals surface area contributed by atoms with E-state index in [2.05, 4.69) is 20.1 Å². The zero-order valence-electron chi connectivity index (χ0n) is 14.1. The third-order valence-electron chi connectivity index (χ3n) is 3.59. The molecule has 0 saturated heterocycles. The minimum Gasteiger partial charge on any atom is -0.434 e. The van der Waals surface area contributed by atoms with Crippen molar-refractivity contribution >= 4 is 12.0 Å². The van der Waals surface area contributed by atoms with Gasteiger partial charge in [0.1, 0.15) is 5.75 Å². The molecule has 0 radical (unpaired) electrons. The smallest absolute Gasteiger partial charge is 0.387 e. The van der Waals surface area contributed by atoms with E-state index in [0.717, 1.165) is 5.56 Å². The minimum atomic E-state index is -2.93. The molecule has 8 heteroatoms. The van der Waals surface area contributed by atoms with Gasteiger partial charge in [-0.3, -0.25) is 4.79 Å². The van der Waals surface area contributed by atoms with Crippen molar-refractivity contribution in [3.05, 3.63) is 78.3 Å². The van der Waals surface area contributed by atoms with Crippen LogP contribution in [0.3, 0.4) is 0 Å². The Morgan fingerprint density at radius 2 is 2.04 bits per heavy atom. The monoisotopic (exact) mass is 370 g/mol. The Balaban J connectivity index is 1.66. The quantitative estimate of drug-likeness (QED) is 0.649. The number of hydrogen-bond acceptors (Lipinski definition) is 4. The summed E-state index contributed by atoms with van der Waals surface area (Å²) >= 11 is 0. The predicted molar refractivity (Wildman–Crippen MR) is 95.3 cm³/mol. The van der Waals surface area contributed by atoms with Crippen LogP contribution in [0.25, 0.3) is 11.9 Å². The van der Waals surface area contributed by atoms with Crippen LogP contribution in [0.5, 0.6) is 5.75 Å². The summed E-state index contributed by atoms with van der Waals surface area (Å²) in [6.07, 6.45) is 7.72. The Hall–Kier alpha value is -3.55. The van der Waals surface area contributed by atoms with Gasteiger partial charge in [0.25, 0.3) is 0 Å². The molecule has 138 valence electrons. The number of nitrogens with zero attached hydrogens (tertiary/aromatic N) is 3. The number of pyridine rings is 1. The van der Waals surface area contributed by atoms with Crippen LogP contribution in [0.4, 0.5) is 8.78 Å². The highest BCUT2D eigenvalue weighted by molar-refractivity contribution is 5.92. The first kappa shape index (κ1) is 18.2. The van der Waals surface area contributed by atoms with Gasteiger partial charge in [-0.25, -0.2) is 9.67 Å². The summed E-state index contributed by atoms with van der Waals surface area (Å²) in [5.74, 6) is 0.240. The molecule has 1 N–H and O–H groups in total. The second-order valence-electron chi connectivity index (χ2n) is 5.40. The van der Waals surface area contributed by atoms with Crippen molar-refractivity contribution in [1.29, 1.82) is 0 Å². The molecule has 0 bridgehead atoms. The van der Waals surface area contributed by atoms with Gasteiger partial charge >= 0.3 is 6.61 Å². The van der Waals surface area contributed by atoms with Crippen molar-refractivity contribution in [2.45, 2.75) is 13.2 Å². The van der Waals surface area contributed by atoms with E-state index in [1.807, 2.05) is 6.07 Å². The van der Waals surface area contributed by atoms with Gasteiger partial charge in [-0.05, 0) is 24.3 Å². The molecule has 0 fully saturated rings. The zero-order chi connectivity index (χ0) is 19.1. The van der Waals surface area contributed by atoms with Crippen molar-refractivity contribution in [2.75, 3.05) is 0 Å². The number of carbonyl (C=O) groups is 1. The van der Waals surface area contributed by atoms with Gasteiger partial charge in [-0.15, -0.1) is 0 Å². The molecule has 0 spiro atoms. The van der Waals surface area contributed by atoms with E-state index in [0.29, 0.717) is 11.4 Å². The van der Waals surface area contributed by atoms with Crippen LogP contribution < -0.4 is 10.1 Å². The highest BCUT2D eigenvalue weighted by Crippen LogP contribution is 2.21. The topological polar surface area (TPSA) is 69.0 Å². The maximum atomic E-state index is 12.4. The number of benzene rings is 1. The molecule has 2 aromatic heterocycles. The molecule has 3 rings (SSSR count). The van der Waals surface area contributed by atoms with E-state index in [9.17, 15) is 13.6 Å². The van der Waals surface area contributed by atoms with E-state index < -0.39 is 6.61 Å². The molecule has 0 unspecified atom stereocenters. The average molecular weight is 370 g/mol. The number of hydrogen-bond donors (Lipinski definition) is 1. The third-order valence-corrected chi connectivity index (χ3v) is 3.59. The van der Waals surface area contributed by atoms with Crippen LogP contribution in [-0.4, -0.2) is 27.3 Å². The molecular weight excluding hydrogens is 354 g/mol. The van der Waals surface area contributed by atoms with E-state index >= 15 is 0 Å². The molecule has 1 aromatic carbocycles. The second kappa shape index (κ2) is 8.70. The number of rotatable bonds is 7. The van der Waals surface area contributed by atoms with Crippen LogP contribution in [0, 0.1) is 0 Å². The summed E-state index contributed by atoms with van der Waals surface area (Å²) < 4.78 is 30.9. The Morgan fingerprint density at radius 1 is 1.19 bits per heavy atom. The molecule has 0 aliphatic carbocycles. The SMILES string of the molecule is O=C(/C=C/c1ccccc1OC(F)F)NCc1cccnc1-n1cccn1. The molecule has 0 saturated carbocycles. The largest absolute Gasteiger partial charge is 0.434 e. The van der Waals surface area contributed by atoms with Gasteiger partial charge in [0, 0.05) is 42.3 Å². The van der Waals surface area contributed by atoms with E-state index in [-0.39, 0.29) is 18.2 Å². The van der Waals surface area contributed by atoms with Crippen molar-refractivity contribution in [2.24, 2.45) is 0 Å². The first-order valence-electron chi connectivity index (χ1n) is 8.07. The third kappa shape index (κ3) is 4.97. The lowest BCUT2D eigenvalue weighted by molar-refractivity contribution is -0.116. The lowest BCUT2D eigenvalue weighted by atomic mass is 10.2. The van der Waals surface area contributed by atoms with E-state index in [1.165, 1.54) is 18.2 Å². The van der Waals surface area contributed by atoms with Gasteiger partial charge in [0.15, 0.2) is 5.82 Å². The fraction of sp³-hybridized carbons (Fsp3) is 0.105. The number of para-hydroxylation sites is 1. The highest BCUT2D eigenvalue weighted by Gasteiger charge is 2.09. The molecule has 6 nitrogen and oxygen atoms in total. The van der Waals surface area contributed by atoms with E-state index in [1.54, 1.807) is 53.6 Å². The van der Waals surface area contributed by atoms with E-state index in [4.69, 9.17) is 0 Å². The lowest BCUT2D eigenvalue weighted by Gasteiger charge is -2.09. The molecule has 27 heavy (non-hydrogen) atoms. The molecule has 3 aromatic rings. The highest BCUT2D eigenvalue weighted by atomic mass is 19.3. The normalized spacial score (nSPS) is 11.1. The van der Waals surface area contributed by atoms with Crippen LogP contribution in [-0.2, 0) is 11.3 Å². The predicted octanol–water partition coefficient (Wildman–Crippen LogP) is 3.20. The summed E-state index contributed by atoms with van der Waals surface area (Å²) in [6.45, 7) is -2.69. The average Bonchev–Trinajstić information content (AvgIpc) is 3.20. The number of nitrogens with one attached hydrogen (secondary N) is 1. The molecule has 0 aliphatic rings. The minimum absolute atomic E-state index is 0.00442. The molecule has 0 aliphatic heterocycles. The van der Waals surface area contributed by atoms with Crippen molar-refractivity contribution < 1.29 is 18.3 Å². The standard InChI is InChI=1S/C19H16F2N4O2/c20-19(21)27-16-7-2-1-5-14(16)8-9-17(26)23-13-15-6-3-10-22-18(15)25-12-4-11-24-25/h1-12,19H,13H2,(H,23,26)/b9-8+. The van der Waals surface area contributed by atoms with Crippen molar-refractivity contribution in [1.82, 2.24) is 20.1 Å². The van der Waals surface area contributed by atoms with Gasteiger partial charge in [0.05, 0.1) is 0 Å². The Morgan fingerprint density at radius 3 is 2.81 bits per heavy atom. The number of carbonyl (C=O) groups excluding carboxylic acids is 1. The Labute approximate surface area is 154 Å². The van der Waals surface area contributed by atoms with Crippen LogP contribution in [0.2, 0.25) is 0 Å². The van der Waals surface area contributed by atoms with Crippen LogP contribution in [0.15, 0.2) is 67.1 Å². The molecular formula is C19H16F2N4O2.